The molecule has 0 aliphatic carbocycles. The fraction of sp³-hybridized carbons (Fsp3) is 0. The van der Waals surface area contributed by atoms with Crippen molar-refractivity contribution in [2.24, 2.45) is 5.10 Å². The number of hydrogen-bond acceptors (Lipinski definition) is 3. The lowest BCUT2D eigenvalue weighted by molar-refractivity contribution is 0.106. The second-order valence-corrected chi connectivity index (χ2v) is 5.38. The Labute approximate surface area is 128 Å². The summed E-state index contributed by atoms with van der Waals surface area (Å²) in [5, 5.41) is 4.02. The molecule has 0 heterocycles. The predicted octanol–water partition coefficient (Wildman–Crippen LogP) is 4.45. The molecule has 0 saturated heterocycles. The molecule has 0 bridgehead atoms. The Kier molecular flexibility index (Phi) is 4.87. The number of para-hydroxylation sites is 1. The van der Waals surface area contributed by atoms with Crippen molar-refractivity contribution in [2.45, 2.75) is 0 Å². The highest BCUT2D eigenvalue weighted by atomic mass is 79.9. The molecular formula is C14H10Br2N2O. The number of ketones is 1. The summed E-state index contributed by atoms with van der Waals surface area (Å²) in [4.78, 5) is 12.0. The molecule has 96 valence electrons. The largest absolute Gasteiger partial charge is 0.286 e. The number of anilines is 1. The van der Waals surface area contributed by atoms with Crippen molar-refractivity contribution in [1.29, 1.82) is 0 Å². The second-order valence-electron chi connectivity index (χ2n) is 3.72. The molecule has 0 radical (unpaired) electrons. The van der Waals surface area contributed by atoms with Gasteiger partial charge in [0, 0.05) is 10.0 Å². The van der Waals surface area contributed by atoms with Crippen molar-refractivity contribution in [1.82, 2.24) is 0 Å². The molecule has 0 aliphatic heterocycles. The summed E-state index contributed by atoms with van der Waals surface area (Å²) >= 11 is 6.51. The van der Waals surface area contributed by atoms with Crippen molar-refractivity contribution in [3.05, 3.63) is 64.6 Å². The summed E-state index contributed by atoms with van der Waals surface area (Å²) < 4.78 is 1.16. The van der Waals surface area contributed by atoms with Crippen LogP contribution in [-0.2, 0) is 0 Å². The standard InChI is InChI=1S/C14H10Br2N2O/c15-11-8-6-10(7-9-11)13(19)14(16)18-17-12-4-2-1-3-5-12/h1-9,17H/b18-14+. The van der Waals surface area contributed by atoms with Gasteiger partial charge in [-0.05, 0) is 52.3 Å². The number of benzene rings is 2. The molecule has 0 unspecified atom stereocenters. The molecule has 1 N–H and O–H groups in total. The maximum Gasteiger partial charge on any atom is 0.220 e. The molecule has 0 saturated carbocycles. The van der Waals surface area contributed by atoms with Crippen LogP contribution >= 0.6 is 31.9 Å². The Bertz CT molecular complexity index is 595. The number of nitrogens with one attached hydrogen (secondary N) is 1. The van der Waals surface area contributed by atoms with Crippen LogP contribution in [0.1, 0.15) is 10.4 Å². The van der Waals surface area contributed by atoms with E-state index in [1.807, 2.05) is 42.5 Å². The van der Waals surface area contributed by atoms with Crippen molar-refractivity contribution >= 4 is 48.0 Å². The van der Waals surface area contributed by atoms with Gasteiger partial charge >= 0.3 is 0 Å². The number of nitrogens with zero attached hydrogens (tertiary/aromatic N) is 1. The Morgan fingerprint density at radius 3 is 2.26 bits per heavy atom. The fourth-order valence-corrected chi connectivity index (χ4v) is 1.98. The first kappa shape index (κ1) is 14.0. The average molecular weight is 382 g/mol. The van der Waals surface area contributed by atoms with E-state index in [2.05, 4.69) is 42.4 Å². The third-order valence-corrected chi connectivity index (χ3v) is 3.42. The molecule has 0 fully saturated rings. The predicted molar refractivity (Wildman–Crippen MR) is 84.9 cm³/mol. The van der Waals surface area contributed by atoms with Gasteiger partial charge in [-0.2, -0.15) is 5.10 Å². The first-order valence-electron chi connectivity index (χ1n) is 5.51. The maximum absolute atomic E-state index is 12.0. The number of carbonyl (C=O) groups is 1. The third-order valence-electron chi connectivity index (χ3n) is 2.35. The van der Waals surface area contributed by atoms with E-state index in [4.69, 9.17) is 0 Å². The summed E-state index contributed by atoms with van der Waals surface area (Å²) in [5.41, 5.74) is 4.22. The zero-order chi connectivity index (χ0) is 13.7. The minimum atomic E-state index is -0.170. The molecule has 0 atom stereocenters. The number of hydrogen-bond donors (Lipinski definition) is 1. The Balaban J connectivity index is 2.08. The van der Waals surface area contributed by atoms with Gasteiger partial charge in [0.15, 0.2) is 4.62 Å². The monoisotopic (exact) mass is 380 g/mol. The van der Waals surface area contributed by atoms with Gasteiger partial charge in [-0.15, -0.1) is 0 Å². The number of carbonyl (C=O) groups excluding carboxylic acids is 1. The quantitative estimate of drug-likeness (QED) is 0.482. The molecule has 0 spiro atoms. The summed E-state index contributed by atoms with van der Waals surface area (Å²) in [7, 11) is 0. The lowest BCUT2D eigenvalue weighted by Gasteiger charge is -2.02. The van der Waals surface area contributed by atoms with Crippen LogP contribution in [0.2, 0.25) is 0 Å². The Morgan fingerprint density at radius 1 is 1.00 bits per heavy atom. The molecular weight excluding hydrogens is 372 g/mol. The Morgan fingerprint density at radius 2 is 1.63 bits per heavy atom. The number of hydrazone groups is 1. The maximum atomic E-state index is 12.0. The zero-order valence-corrected chi connectivity index (χ0v) is 13.0. The first-order chi connectivity index (χ1) is 9.16. The van der Waals surface area contributed by atoms with Crippen LogP contribution in [0.4, 0.5) is 5.69 Å². The van der Waals surface area contributed by atoms with Gasteiger partial charge in [-0.1, -0.05) is 34.1 Å². The summed E-state index contributed by atoms with van der Waals surface area (Å²) in [6, 6.07) is 16.6. The highest BCUT2D eigenvalue weighted by molar-refractivity contribution is 9.19. The molecule has 2 rings (SSSR count). The van der Waals surface area contributed by atoms with Gasteiger partial charge in [0.05, 0.1) is 5.69 Å². The molecule has 2 aromatic carbocycles. The van der Waals surface area contributed by atoms with Crippen LogP contribution in [0.3, 0.4) is 0 Å². The van der Waals surface area contributed by atoms with Crippen LogP contribution in [0.25, 0.3) is 0 Å². The van der Waals surface area contributed by atoms with Crippen molar-refractivity contribution in [2.75, 3.05) is 5.43 Å². The van der Waals surface area contributed by atoms with Crippen LogP contribution in [-0.4, -0.2) is 10.4 Å². The summed E-state index contributed by atoms with van der Waals surface area (Å²) in [6.07, 6.45) is 0. The molecule has 0 amide bonds. The van der Waals surface area contributed by atoms with E-state index in [1.54, 1.807) is 12.1 Å². The minimum Gasteiger partial charge on any atom is -0.286 e. The van der Waals surface area contributed by atoms with E-state index in [0.717, 1.165) is 10.2 Å². The van der Waals surface area contributed by atoms with Gasteiger partial charge in [0.1, 0.15) is 0 Å². The highest BCUT2D eigenvalue weighted by Gasteiger charge is 2.11. The van der Waals surface area contributed by atoms with Gasteiger partial charge in [-0.3, -0.25) is 10.2 Å². The fourth-order valence-electron chi connectivity index (χ4n) is 1.40. The highest BCUT2D eigenvalue weighted by Crippen LogP contribution is 2.13. The second kappa shape index (κ2) is 6.63. The van der Waals surface area contributed by atoms with E-state index in [9.17, 15) is 4.79 Å². The van der Waals surface area contributed by atoms with Gasteiger partial charge in [-0.25, -0.2) is 0 Å². The zero-order valence-electron chi connectivity index (χ0n) is 9.81. The van der Waals surface area contributed by atoms with Crippen LogP contribution in [0.15, 0.2) is 64.2 Å². The lowest BCUT2D eigenvalue weighted by Crippen LogP contribution is -2.09. The normalized spacial score (nSPS) is 11.2. The van der Waals surface area contributed by atoms with Crippen LogP contribution in [0, 0.1) is 0 Å². The molecule has 2 aromatic rings. The molecule has 0 aliphatic rings. The van der Waals surface area contributed by atoms with Crippen molar-refractivity contribution in [3.63, 3.8) is 0 Å². The number of Topliss-reactive ketones (excluding diaryl/α,β-unsaturated/α-hetero) is 1. The van der Waals surface area contributed by atoms with E-state index in [1.165, 1.54) is 0 Å². The first-order valence-corrected chi connectivity index (χ1v) is 7.10. The van der Waals surface area contributed by atoms with Gasteiger partial charge < -0.3 is 0 Å². The summed E-state index contributed by atoms with van der Waals surface area (Å²) in [6.45, 7) is 0. The average Bonchev–Trinajstić information content (AvgIpc) is 2.46. The summed E-state index contributed by atoms with van der Waals surface area (Å²) in [5.74, 6) is -0.170. The third kappa shape index (κ3) is 4.01. The molecule has 3 nitrogen and oxygen atoms in total. The van der Waals surface area contributed by atoms with Crippen molar-refractivity contribution < 1.29 is 4.79 Å². The SMILES string of the molecule is O=C(/C(Br)=N\Nc1ccccc1)c1ccc(Br)cc1. The van der Waals surface area contributed by atoms with E-state index < -0.39 is 0 Å². The number of halogens is 2. The molecule has 19 heavy (non-hydrogen) atoms. The lowest BCUT2D eigenvalue weighted by atomic mass is 10.1. The van der Waals surface area contributed by atoms with Gasteiger partial charge in [0.2, 0.25) is 5.78 Å². The van der Waals surface area contributed by atoms with Crippen LogP contribution in [0.5, 0.6) is 0 Å². The molecule has 5 heteroatoms. The van der Waals surface area contributed by atoms with E-state index in [-0.39, 0.29) is 10.4 Å². The van der Waals surface area contributed by atoms with Gasteiger partial charge in [0.25, 0.3) is 0 Å². The smallest absolute Gasteiger partial charge is 0.220 e. The van der Waals surface area contributed by atoms with Crippen molar-refractivity contribution in [3.8, 4) is 0 Å². The minimum absolute atomic E-state index is 0.170. The molecule has 0 aromatic heterocycles. The topological polar surface area (TPSA) is 41.5 Å². The Hall–Kier alpha value is -1.46. The number of rotatable bonds is 4. The van der Waals surface area contributed by atoms with Crippen LogP contribution < -0.4 is 5.43 Å². The van der Waals surface area contributed by atoms with E-state index in [0.29, 0.717) is 5.56 Å². The van der Waals surface area contributed by atoms with E-state index >= 15 is 0 Å².